The number of benzene rings is 2. The van der Waals surface area contributed by atoms with E-state index in [-0.39, 0.29) is 0 Å². The van der Waals surface area contributed by atoms with Gasteiger partial charge in [0.05, 0.1) is 18.5 Å². The molecule has 1 N–H and O–H groups in total. The molecular formula is C18H14ClN3OS. The van der Waals surface area contributed by atoms with Gasteiger partial charge in [-0.2, -0.15) is 0 Å². The van der Waals surface area contributed by atoms with Crippen LogP contribution in [0.15, 0.2) is 65.2 Å². The molecule has 2 aliphatic heterocycles. The van der Waals surface area contributed by atoms with Gasteiger partial charge in [-0.15, -0.1) is 5.10 Å². The van der Waals surface area contributed by atoms with E-state index in [1.165, 1.54) is 0 Å². The highest BCUT2D eigenvalue weighted by Crippen LogP contribution is 2.36. The third kappa shape index (κ3) is 2.77. The van der Waals surface area contributed by atoms with Gasteiger partial charge in [0, 0.05) is 22.2 Å². The Morgan fingerprint density at radius 2 is 1.75 bits per heavy atom. The smallest absolute Gasteiger partial charge is 0.196 e. The largest absolute Gasteiger partial charge is 0.497 e. The predicted molar refractivity (Wildman–Crippen MR) is 100 cm³/mol. The Morgan fingerprint density at radius 3 is 2.46 bits per heavy atom. The maximum Gasteiger partial charge on any atom is 0.196 e. The summed E-state index contributed by atoms with van der Waals surface area (Å²) in [4.78, 5) is 2.09. The second-order valence-corrected chi connectivity index (χ2v) is 6.55. The van der Waals surface area contributed by atoms with E-state index in [2.05, 4.69) is 27.0 Å². The molecule has 120 valence electrons. The summed E-state index contributed by atoms with van der Waals surface area (Å²) in [5, 5.41) is 8.19. The number of fused-ring (bicyclic) bond motifs is 1. The summed E-state index contributed by atoms with van der Waals surface area (Å²) in [7, 11) is 1.66. The van der Waals surface area contributed by atoms with E-state index in [1.54, 1.807) is 18.9 Å². The fourth-order valence-corrected chi connectivity index (χ4v) is 3.49. The average Bonchev–Trinajstić information content (AvgIpc) is 3.05. The Kier molecular flexibility index (Phi) is 3.96. The molecule has 2 aromatic carbocycles. The zero-order valence-electron chi connectivity index (χ0n) is 12.9. The molecule has 0 saturated heterocycles. The van der Waals surface area contributed by atoms with E-state index in [1.807, 2.05) is 48.5 Å². The Balaban J connectivity index is 1.65. The lowest BCUT2D eigenvalue weighted by Crippen LogP contribution is -2.26. The first-order chi connectivity index (χ1) is 11.7. The van der Waals surface area contributed by atoms with E-state index in [9.17, 15) is 0 Å². The van der Waals surface area contributed by atoms with Crippen LogP contribution in [0, 0.1) is 0 Å². The molecule has 6 heteroatoms. The first kappa shape index (κ1) is 15.2. The molecule has 4 rings (SSSR count). The van der Waals surface area contributed by atoms with Gasteiger partial charge in [-0.05, 0) is 42.0 Å². The van der Waals surface area contributed by atoms with Gasteiger partial charge in [0.2, 0.25) is 0 Å². The minimum Gasteiger partial charge on any atom is -0.497 e. The van der Waals surface area contributed by atoms with Crippen LogP contribution in [0.25, 0.3) is 11.4 Å². The zero-order valence-corrected chi connectivity index (χ0v) is 14.4. The second-order valence-electron chi connectivity index (χ2n) is 5.28. The predicted octanol–water partition coefficient (Wildman–Crippen LogP) is 4.57. The van der Waals surface area contributed by atoms with Gasteiger partial charge in [0.25, 0.3) is 0 Å². The Labute approximate surface area is 149 Å². The molecule has 4 nitrogen and oxygen atoms in total. The van der Waals surface area contributed by atoms with Gasteiger partial charge in [0.15, 0.2) is 5.17 Å². The van der Waals surface area contributed by atoms with Crippen LogP contribution >= 0.6 is 23.4 Å². The SMILES string of the molecule is COc1ccc(C2=CN3C(c4ccc(Cl)cc4)=CSC3=NN2)cc1. The first-order valence-electron chi connectivity index (χ1n) is 7.36. The highest BCUT2D eigenvalue weighted by atomic mass is 35.5. The van der Waals surface area contributed by atoms with Crippen LogP contribution in [-0.2, 0) is 0 Å². The maximum absolute atomic E-state index is 5.99. The fraction of sp³-hybridized carbons (Fsp3) is 0.0556. The summed E-state index contributed by atoms with van der Waals surface area (Å²) in [6.45, 7) is 0. The van der Waals surface area contributed by atoms with Crippen molar-refractivity contribution in [1.82, 2.24) is 10.3 Å². The number of methoxy groups -OCH3 is 1. The van der Waals surface area contributed by atoms with Gasteiger partial charge in [-0.1, -0.05) is 35.5 Å². The molecule has 0 aliphatic carbocycles. The summed E-state index contributed by atoms with van der Waals surface area (Å²) in [6, 6.07) is 15.7. The normalized spacial score (nSPS) is 15.9. The van der Waals surface area contributed by atoms with Gasteiger partial charge in [-0.25, -0.2) is 0 Å². The molecule has 2 heterocycles. The molecule has 0 bridgehead atoms. The van der Waals surface area contributed by atoms with E-state index in [0.717, 1.165) is 38.5 Å². The Hall–Kier alpha value is -2.37. The molecule has 0 radical (unpaired) electrons. The summed E-state index contributed by atoms with van der Waals surface area (Å²) in [5.41, 5.74) is 7.29. The number of rotatable bonds is 3. The van der Waals surface area contributed by atoms with Crippen LogP contribution in [0.1, 0.15) is 11.1 Å². The van der Waals surface area contributed by atoms with Crippen molar-refractivity contribution in [3.8, 4) is 5.75 Å². The van der Waals surface area contributed by atoms with Gasteiger partial charge in [0.1, 0.15) is 5.75 Å². The molecule has 2 aliphatic rings. The van der Waals surface area contributed by atoms with Crippen LogP contribution in [0.2, 0.25) is 5.02 Å². The van der Waals surface area contributed by atoms with E-state index in [4.69, 9.17) is 16.3 Å². The fourth-order valence-electron chi connectivity index (χ4n) is 2.53. The Bertz CT molecular complexity index is 857. The number of thioether (sulfide) groups is 1. The molecule has 0 fully saturated rings. The zero-order chi connectivity index (χ0) is 16.5. The van der Waals surface area contributed by atoms with Crippen LogP contribution < -0.4 is 10.2 Å². The van der Waals surface area contributed by atoms with Gasteiger partial charge >= 0.3 is 0 Å². The summed E-state index contributed by atoms with van der Waals surface area (Å²) < 4.78 is 5.21. The number of hydrogen-bond acceptors (Lipinski definition) is 5. The molecular weight excluding hydrogens is 342 g/mol. The summed E-state index contributed by atoms with van der Waals surface area (Å²) in [6.07, 6.45) is 2.06. The number of amidine groups is 1. The topological polar surface area (TPSA) is 36.9 Å². The molecule has 0 atom stereocenters. The summed E-state index contributed by atoms with van der Waals surface area (Å²) in [5.74, 6) is 0.831. The van der Waals surface area contributed by atoms with Crippen LogP contribution in [-0.4, -0.2) is 17.2 Å². The van der Waals surface area contributed by atoms with Crippen molar-refractivity contribution in [2.45, 2.75) is 0 Å². The van der Waals surface area contributed by atoms with E-state index >= 15 is 0 Å². The minimum absolute atomic E-state index is 0.730. The third-order valence-electron chi connectivity index (χ3n) is 3.81. The standard InChI is InChI=1S/C18H14ClN3OS/c1-23-15-8-4-12(5-9-15)16-10-22-17(11-24-18(22)21-20-16)13-2-6-14(19)7-3-13/h2-11,20H,1H3. The number of hydrogen-bond donors (Lipinski definition) is 1. The van der Waals surface area contributed by atoms with Crippen molar-refractivity contribution >= 4 is 39.9 Å². The van der Waals surface area contributed by atoms with Crippen LogP contribution in [0.3, 0.4) is 0 Å². The maximum atomic E-state index is 5.99. The summed E-state index contributed by atoms with van der Waals surface area (Å²) >= 11 is 7.58. The number of halogens is 1. The number of hydrazone groups is 1. The number of ether oxygens (including phenoxy) is 1. The number of nitrogens with zero attached hydrogens (tertiary/aromatic N) is 2. The lowest BCUT2D eigenvalue weighted by molar-refractivity contribution is 0.415. The van der Waals surface area contributed by atoms with Crippen molar-refractivity contribution in [3.63, 3.8) is 0 Å². The van der Waals surface area contributed by atoms with E-state index < -0.39 is 0 Å². The molecule has 0 saturated carbocycles. The molecule has 24 heavy (non-hydrogen) atoms. The van der Waals surface area contributed by atoms with Crippen molar-refractivity contribution < 1.29 is 4.74 Å². The molecule has 0 unspecified atom stereocenters. The highest BCUT2D eigenvalue weighted by Gasteiger charge is 2.26. The quantitative estimate of drug-likeness (QED) is 0.875. The van der Waals surface area contributed by atoms with Crippen LogP contribution in [0.4, 0.5) is 0 Å². The average molecular weight is 356 g/mol. The van der Waals surface area contributed by atoms with Gasteiger partial charge < -0.3 is 4.74 Å². The van der Waals surface area contributed by atoms with Gasteiger partial charge in [-0.3, -0.25) is 10.3 Å². The first-order valence-corrected chi connectivity index (χ1v) is 8.62. The van der Waals surface area contributed by atoms with Crippen molar-refractivity contribution in [2.75, 3.05) is 7.11 Å². The van der Waals surface area contributed by atoms with Crippen molar-refractivity contribution in [3.05, 3.63) is 76.3 Å². The van der Waals surface area contributed by atoms with E-state index in [0.29, 0.717) is 0 Å². The monoisotopic (exact) mass is 355 g/mol. The molecule has 2 aromatic rings. The van der Waals surface area contributed by atoms with Crippen molar-refractivity contribution in [1.29, 1.82) is 0 Å². The minimum atomic E-state index is 0.730. The lowest BCUT2D eigenvalue weighted by atomic mass is 10.1. The lowest BCUT2D eigenvalue weighted by Gasteiger charge is -2.24. The molecule has 0 amide bonds. The van der Waals surface area contributed by atoms with Crippen molar-refractivity contribution in [2.24, 2.45) is 5.10 Å². The molecule has 0 spiro atoms. The van der Waals surface area contributed by atoms with Crippen LogP contribution in [0.5, 0.6) is 5.75 Å². The highest BCUT2D eigenvalue weighted by molar-refractivity contribution is 8.16. The Morgan fingerprint density at radius 1 is 1.04 bits per heavy atom. The third-order valence-corrected chi connectivity index (χ3v) is 4.90. The molecule has 0 aromatic heterocycles. The number of nitrogens with one attached hydrogen (secondary N) is 1. The second kappa shape index (κ2) is 6.26.